The SMILES string of the molecule is CCOc1ccc(Cl)cc1S(=O)(=O)NC[C@@H](C)O. The van der Waals surface area contributed by atoms with E-state index in [1.165, 1.54) is 19.1 Å². The molecule has 0 bridgehead atoms. The van der Waals surface area contributed by atoms with Crippen LogP contribution in [0.1, 0.15) is 13.8 Å². The van der Waals surface area contributed by atoms with E-state index in [0.29, 0.717) is 11.6 Å². The van der Waals surface area contributed by atoms with Crippen LogP contribution in [0.25, 0.3) is 0 Å². The van der Waals surface area contributed by atoms with Crippen LogP contribution in [0.2, 0.25) is 5.02 Å². The molecule has 0 heterocycles. The second-order valence-electron chi connectivity index (χ2n) is 3.72. The number of aliphatic hydroxyl groups excluding tert-OH is 1. The molecular formula is C11H16ClNO4S. The summed E-state index contributed by atoms with van der Waals surface area (Å²) in [4.78, 5) is -0.0301. The van der Waals surface area contributed by atoms with Gasteiger partial charge in [-0.05, 0) is 32.0 Å². The molecule has 0 amide bonds. The highest BCUT2D eigenvalue weighted by Gasteiger charge is 2.20. The number of aliphatic hydroxyl groups is 1. The predicted molar refractivity (Wildman–Crippen MR) is 69.5 cm³/mol. The number of hydrogen-bond acceptors (Lipinski definition) is 4. The summed E-state index contributed by atoms with van der Waals surface area (Å²) in [5.41, 5.74) is 0. The van der Waals surface area contributed by atoms with Gasteiger partial charge in [-0.1, -0.05) is 11.6 Å². The first kappa shape index (κ1) is 15.2. The van der Waals surface area contributed by atoms with E-state index in [0.717, 1.165) is 0 Å². The van der Waals surface area contributed by atoms with Gasteiger partial charge in [-0.3, -0.25) is 0 Å². The average Bonchev–Trinajstić information content (AvgIpc) is 2.29. The summed E-state index contributed by atoms with van der Waals surface area (Å²) in [7, 11) is -3.75. The van der Waals surface area contributed by atoms with E-state index < -0.39 is 16.1 Å². The van der Waals surface area contributed by atoms with Crippen molar-refractivity contribution in [2.45, 2.75) is 24.8 Å². The van der Waals surface area contributed by atoms with Crippen LogP contribution in [0.15, 0.2) is 23.1 Å². The van der Waals surface area contributed by atoms with Crippen molar-refractivity contribution in [3.8, 4) is 5.75 Å². The van der Waals surface area contributed by atoms with E-state index in [1.54, 1.807) is 13.0 Å². The normalized spacial score (nSPS) is 13.3. The first-order valence-electron chi connectivity index (χ1n) is 5.47. The highest BCUT2D eigenvalue weighted by molar-refractivity contribution is 7.89. The van der Waals surface area contributed by atoms with Crippen molar-refractivity contribution >= 4 is 21.6 Å². The largest absolute Gasteiger partial charge is 0.492 e. The Morgan fingerprint density at radius 1 is 1.50 bits per heavy atom. The topological polar surface area (TPSA) is 75.6 Å². The van der Waals surface area contributed by atoms with E-state index in [4.69, 9.17) is 21.4 Å². The Kier molecular flexibility index (Phi) is 5.40. The van der Waals surface area contributed by atoms with Gasteiger partial charge in [0, 0.05) is 11.6 Å². The summed E-state index contributed by atoms with van der Waals surface area (Å²) in [5.74, 6) is 0.236. The van der Waals surface area contributed by atoms with Gasteiger partial charge in [0.25, 0.3) is 0 Å². The Morgan fingerprint density at radius 3 is 2.72 bits per heavy atom. The Labute approximate surface area is 112 Å². The molecule has 0 aliphatic carbocycles. The maximum absolute atomic E-state index is 12.0. The molecule has 7 heteroatoms. The molecule has 18 heavy (non-hydrogen) atoms. The van der Waals surface area contributed by atoms with Crippen LogP contribution in [0, 0.1) is 0 Å². The zero-order valence-electron chi connectivity index (χ0n) is 10.2. The number of rotatable bonds is 6. The molecule has 0 unspecified atom stereocenters. The molecule has 0 fully saturated rings. The molecule has 2 N–H and O–H groups in total. The molecule has 102 valence electrons. The van der Waals surface area contributed by atoms with Crippen LogP contribution in [0.5, 0.6) is 5.75 Å². The molecule has 1 aromatic carbocycles. The molecule has 0 spiro atoms. The number of halogens is 1. The Balaban J connectivity index is 3.09. The van der Waals surface area contributed by atoms with E-state index in [2.05, 4.69) is 4.72 Å². The summed E-state index contributed by atoms with van der Waals surface area (Å²) in [6.45, 7) is 3.53. The lowest BCUT2D eigenvalue weighted by Gasteiger charge is -2.13. The highest BCUT2D eigenvalue weighted by Crippen LogP contribution is 2.27. The third-order valence-electron chi connectivity index (χ3n) is 2.06. The summed E-state index contributed by atoms with van der Waals surface area (Å²) >= 11 is 5.79. The smallest absolute Gasteiger partial charge is 0.244 e. The molecule has 0 saturated carbocycles. The van der Waals surface area contributed by atoms with Crippen molar-refractivity contribution in [1.29, 1.82) is 0 Å². The van der Waals surface area contributed by atoms with Crippen LogP contribution in [-0.4, -0.2) is 32.8 Å². The molecule has 1 aromatic rings. The predicted octanol–water partition coefficient (Wildman–Crippen LogP) is 1.40. The molecule has 5 nitrogen and oxygen atoms in total. The first-order chi connectivity index (χ1) is 8.36. The van der Waals surface area contributed by atoms with E-state index >= 15 is 0 Å². The first-order valence-corrected chi connectivity index (χ1v) is 7.33. The monoisotopic (exact) mass is 293 g/mol. The maximum atomic E-state index is 12.0. The standard InChI is InChI=1S/C11H16ClNO4S/c1-3-17-10-5-4-9(12)6-11(10)18(15,16)13-7-8(2)14/h4-6,8,13-14H,3,7H2,1-2H3/t8-/m1/s1. The lowest BCUT2D eigenvalue weighted by atomic mass is 10.3. The number of ether oxygens (including phenoxy) is 1. The number of sulfonamides is 1. The van der Waals surface area contributed by atoms with Crippen molar-refractivity contribution < 1.29 is 18.3 Å². The third-order valence-corrected chi connectivity index (χ3v) is 3.74. The number of hydrogen-bond donors (Lipinski definition) is 2. The van der Waals surface area contributed by atoms with Crippen LogP contribution in [0.4, 0.5) is 0 Å². The minimum Gasteiger partial charge on any atom is -0.492 e. The zero-order chi connectivity index (χ0) is 13.8. The van der Waals surface area contributed by atoms with E-state index in [1.807, 2.05) is 0 Å². The van der Waals surface area contributed by atoms with Crippen LogP contribution in [-0.2, 0) is 10.0 Å². The van der Waals surface area contributed by atoms with Crippen LogP contribution >= 0.6 is 11.6 Å². The Hall–Kier alpha value is -0.820. The van der Waals surface area contributed by atoms with Gasteiger partial charge in [0.1, 0.15) is 10.6 Å². The van der Waals surface area contributed by atoms with E-state index in [9.17, 15) is 8.42 Å². The molecule has 1 rings (SSSR count). The Morgan fingerprint density at radius 2 is 2.17 bits per heavy atom. The number of nitrogens with one attached hydrogen (secondary N) is 1. The fourth-order valence-electron chi connectivity index (χ4n) is 1.27. The van der Waals surface area contributed by atoms with Gasteiger partial charge >= 0.3 is 0 Å². The molecule has 0 aliphatic rings. The Bertz CT molecular complexity index is 502. The molecule has 1 atom stereocenters. The lowest BCUT2D eigenvalue weighted by Crippen LogP contribution is -2.31. The molecular weight excluding hydrogens is 278 g/mol. The summed E-state index contributed by atoms with van der Waals surface area (Å²) in [6, 6.07) is 4.37. The van der Waals surface area contributed by atoms with Crippen LogP contribution < -0.4 is 9.46 Å². The van der Waals surface area contributed by atoms with Crippen molar-refractivity contribution in [2.24, 2.45) is 0 Å². The van der Waals surface area contributed by atoms with Gasteiger partial charge in [0.2, 0.25) is 10.0 Å². The van der Waals surface area contributed by atoms with Crippen molar-refractivity contribution in [1.82, 2.24) is 4.72 Å². The van der Waals surface area contributed by atoms with Gasteiger partial charge < -0.3 is 9.84 Å². The second-order valence-corrected chi connectivity index (χ2v) is 5.90. The lowest BCUT2D eigenvalue weighted by molar-refractivity contribution is 0.198. The third kappa shape index (κ3) is 4.13. The van der Waals surface area contributed by atoms with Crippen molar-refractivity contribution in [3.05, 3.63) is 23.2 Å². The molecule has 0 aromatic heterocycles. The summed E-state index contributed by atoms with van der Waals surface area (Å²) < 4.78 is 31.6. The average molecular weight is 294 g/mol. The maximum Gasteiger partial charge on any atom is 0.244 e. The fourth-order valence-corrected chi connectivity index (χ4v) is 2.80. The van der Waals surface area contributed by atoms with Gasteiger partial charge in [0.15, 0.2) is 0 Å². The minimum absolute atomic E-state index is 0.0301. The molecule has 0 aliphatic heterocycles. The zero-order valence-corrected chi connectivity index (χ0v) is 11.8. The fraction of sp³-hybridized carbons (Fsp3) is 0.455. The van der Waals surface area contributed by atoms with Crippen molar-refractivity contribution in [2.75, 3.05) is 13.2 Å². The van der Waals surface area contributed by atoms with Gasteiger partial charge in [-0.2, -0.15) is 0 Å². The van der Waals surface area contributed by atoms with Crippen molar-refractivity contribution in [3.63, 3.8) is 0 Å². The highest BCUT2D eigenvalue weighted by atomic mass is 35.5. The molecule has 0 radical (unpaired) electrons. The second kappa shape index (κ2) is 6.38. The van der Waals surface area contributed by atoms with Gasteiger partial charge in [0.05, 0.1) is 12.7 Å². The summed E-state index contributed by atoms with van der Waals surface area (Å²) in [5, 5.41) is 9.41. The number of benzene rings is 1. The van der Waals surface area contributed by atoms with Gasteiger partial charge in [-0.15, -0.1) is 0 Å². The van der Waals surface area contributed by atoms with Crippen LogP contribution in [0.3, 0.4) is 0 Å². The minimum atomic E-state index is -3.75. The summed E-state index contributed by atoms with van der Waals surface area (Å²) in [6.07, 6.45) is -0.769. The quantitative estimate of drug-likeness (QED) is 0.831. The molecule has 0 saturated heterocycles. The van der Waals surface area contributed by atoms with E-state index in [-0.39, 0.29) is 17.2 Å². The van der Waals surface area contributed by atoms with Gasteiger partial charge in [-0.25, -0.2) is 13.1 Å².